The molecule has 0 spiro atoms. The number of ether oxygens (including phenoxy) is 2. The van der Waals surface area contributed by atoms with Crippen LogP contribution in [0.1, 0.15) is 30.9 Å². The minimum absolute atomic E-state index is 0.109. The molecule has 5 nitrogen and oxygen atoms in total. The zero-order chi connectivity index (χ0) is 15.2. The molecule has 0 aromatic heterocycles. The van der Waals surface area contributed by atoms with Gasteiger partial charge in [0.15, 0.2) is 11.5 Å². The maximum absolute atomic E-state index is 10.7. The third kappa shape index (κ3) is 4.54. The number of hydrogen-bond acceptors (Lipinski definition) is 5. The van der Waals surface area contributed by atoms with E-state index >= 15 is 0 Å². The SMILES string of the molecule is COc1cc(C(N)CC(=O)O)ccc1OC1CCCSC1. The number of carboxylic acids is 1. The summed E-state index contributed by atoms with van der Waals surface area (Å²) in [5.41, 5.74) is 6.61. The lowest BCUT2D eigenvalue weighted by Crippen LogP contribution is -2.23. The Morgan fingerprint density at radius 1 is 1.52 bits per heavy atom. The molecule has 1 aromatic carbocycles. The molecule has 1 aliphatic rings. The van der Waals surface area contributed by atoms with Gasteiger partial charge < -0.3 is 20.3 Å². The number of carboxylic acid groups (broad SMARTS) is 1. The highest BCUT2D eigenvalue weighted by atomic mass is 32.2. The van der Waals surface area contributed by atoms with Crippen LogP contribution in [0.5, 0.6) is 11.5 Å². The quantitative estimate of drug-likeness (QED) is 0.840. The highest BCUT2D eigenvalue weighted by molar-refractivity contribution is 7.99. The van der Waals surface area contributed by atoms with Gasteiger partial charge in [0.1, 0.15) is 6.10 Å². The summed E-state index contributed by atoms with van der Waals surface area (Å²) < 4.78 is 11.3. The molecule has 1 fully saturated rings. The van der Waals surface area contributed by atoms with E-state index in [9.17, 15) is 4.79 Å². The molecule has 2 rings (SSSR count). The average molecular weight is 311 g/mol. The van der Waals surface area contributed by atoms with Crippen LogP contribution in [0.3, 0.4) is 0 Å². The molecule has 0 saturated carbocycles. The summed E-state index contributed by atoms with van der Waals surface area (Å²) in [5.74, 6) is 2.56. The summed E-state index contributed by atoms with van der Waals surface area (Å²) in [5, 5.41) is 8.80. The number of nitrogens with two attached hydrogens (primary N) is 1. The van der Waals surface area contributed by atoms with Gasteiger partial charge in [-0.3, -0.25) is 4.79 Å². The molecule has 6 heteroatoms. The van der Waals surface area contributed by atoms with Crippen LogP contribution < -0.4 is 15.2 Å². The first-order valence-electron chi connectivity index (χ1n) is 7.00. The maximum atomic E-state index is 10.7. The van der Waals surface area contributed by atoms with Crippen molar-refractivity contribution in [1.29, 1.82) is 0 Å². The van der Waals surface area contributed by atoms with Crippen LogP contribution in [-0.2, 0) is 4.79 Å². The number of aliphatic carboxylic acids is 1. The lowest BCUT2D eigenvalue weighted by atomic mass is 10.0. The topological polar surface area (TPSA) is 81.8 Å². The van der Waals surface area contributed by atoms with E-state index in [1.165, 1.54) is 12.2 Å². The zero-order valence-electron chi connectivity index (χ0n) is 12.1. The molecule has 1 aliphatic heterocycles. The molecule has 116 valence electrons. The van der Waals surface area contributed by atoms with E-state index in [1.807, 2.05) is 17.8 Å². The summed E-state index contributed by atoms with van der Waals surface area (Å²) in [6, 6.07) is 4.84. The van der Waals surface area contributed by atoms with Gasteiger partial charge in [-0.05, 0) is 36.3 Å². The Balaban J connectivity index is 2.10. The highest BCUT2D eigenvalue weighted by Gasteiger charge is 2.19. The minimum atomic E-state index is -0.916. The molecule has 0 aliphatic carbocycles. The number of hydrogen-bond donors (Lipinski definition) is 2. The summed E-state index contributed by atoms with van der Waals surface area (Å²) in [7, 11) is 1.57. The van der Waals surface area contributed by atoms with Crippen molar-refractivity contribution in [2.45, 2.75) is 31.4 Å². The molecular formula is C15H21NO4S. The predicted molar refractivity (Wildman–Crippen MR) is 83.2 cm³/mol. The predicted octanol–water partition coefficient (Wildman–Crippen LogP) is 2.44. The molecular weight excluding hydrogens is 290 g/mol. The van der Waals surface area contributed by atoms with Crippen molar-refractivity contribution in [1.82, 2.24) is 0 Å². The first kappa shape index (κ1) is 16.0. The van der Waals surface area contributed by atoms with E-state index < -0.39 is 12.0 Å². The van der Waals surface area contributed by atoms with Gasteiger partial charge >= 0.3 is 5.97 Å². The molecule has 0 radical (unpaired) electrons. The largest absolute Gasteiger partial charge is 0.493 e. The summed E-state index contributed by atoms with van der Waals surface area (Å²) in [4.78, 5) is 10.7. The number of benzene rings is 1. The van der Waals surface area contributed by atoms with Gasteiger partial charge in [-0.2, -0.15) is 11.8 Å². The fourth-order valence-electron chi connectivity index (χ4n) is 2.30. The van der Waals surface area contributed by atoms with Crippen LogP contribution in [0, 0.1) is 0 Å². The van der Waals surface area contributed by atoms with Gasteiger partial charge in [0.05, 0.1) is 13.5 Å². The molecule has 21 heavy (non-hydrogen) atoms. The molecule has 2 atom stereocenters. The Kier molecular flexibility index (Phi) is 5.76. The molecule has 1 aromatic rings. The Hall–Kier alpha value is -1.40. The van der Waals surface area contributed by atoms with Gasteiger partial charge in [0.25, 0.3) is 0 Å². The highest BCUT2D eigenvalue weighted by Crippen LogP contribution is 2.33. The van der Waals surface area contributed by atoms with E-state index in [0.29, 0.717) is 11.5 Å². The van der Waals surface area contributed by atoms with E-state index in [1.54, 1.807) is 19.2 Å². The van der Waals surface area contributed by atoms with Crippen LogP contribution in [-0.4, -0.2) is 35.8 Å². The smallest absolute Gasteiger partial charge is 0.305 e. The minimum Gasteiger partial charge on any atom is -0.493 e. The standard InChI is InChI=1S/C15H21NO4S/c1-19-14-7-10(12(16)8-15(17)18)4-5-13(14)20-11-3-2-6-21-9-11/h4-5,7,11-12H,2-3,6,8-9,16H2,1H3,(H,17,18). The summed E-state index contributed by atoms with van der Waals surface area (Å²) >= 11 is 1.90. The fraction of sp³-hybridized carbons (Fsp3) is 0.533. The van der Waals surface area contributed by atoms with Crippen LogP contribution in [0.15, 0.2) is 18.2 Å². The van der Waals surface area contributed by atoms with Crippen molar-refractivity contribution in [3.05, 3.63) is 23.8 Å². The Labute approximate surface area is 128 Å². The maximum Gasteiger partial charge on any atom is 0.305 e. The van der Waals surface area contributed by atoms with E-state index in [-0.39, 0.29) is 12.5 Å². The van der Waals surface area contributed by atoms with Crippen molar-refractivity contribution in [2.24, 2.45) is 5.73 Å². The lowest BCUT2D eigenvalue weighted by Gasteiger charge is -2.24. The lowest BCUT2D eigenvalue weighted by molar-refractivity contribution is -0.137. The van der Waals surface area contributed by atoms with Crippen LogP contribution in [0.2, 0.25) is 0 Å². The number of carbonyl (C=O) groups is 1. The van der Waals surface area contributed by atoms with Crippen molar-refractivity contribution < 1.29 is 19.4 Å². The van der Waals surface area contributed by atoms with E-state index in [4.69, 9.17) is 20.3 Å². The fourth-order valence-corrected chi connectivity index (χ4v) is 3.34. The Morgan fingerprint density at radius 2 is 2.33 bits per heavy atom. The van der Waals surface area contributed by atoms with Crippen LogP contribution in [0.25, 0.3) is 0 Å². The number of rotatable bonds is 6. The normalized spacial score (nSPS) is 19.8. The van der Waals surface area contributed by atoms with Gasteiger partial charge in [-0.15, -0.1) is 0 Å². The first-order chi connectivity index (χ1) is 10.1. The van der Waals surface area contributed by atoms with Gasteiger partial charge in [-0.25, -0.2) is 0 Å². The van der Waals surface area contributed by atoms with Crippen LogP contribution >= 0.6 is 11.8 Å². The molecule has 2 unspecified atom stereocenters. The third-order valence-corrected chi connectivity index (χ3v) is 4.61. The Bertz CT molecular complexity index is 489. The zero-order valence-corrected chi connectivity index (χ0v) is 12.9. The average Bonchev–Trinajstić information content (AvgIpc) is 2.48. The van der Waals surface area contributed by atoms with Crippen LogP contribution in [0.4, 0.5) is 0 Å². The summed E-state index contributed by atoms with van der Waals surface area (Å²) in [6.07, 6.45) is 2.31. The number of methoxy groups -OCH3 is 1. The molecule has 1 saturated heterocycles. The van der Waals surface area contributed by atoms with Crippen molar-refractivity contribution in [3.8, 4) is 11.5 Å². The van der Waals surface area contributed by atoms with Crippen molar-refractivity contribution in [3.63, 3.8) is 0 Å². The van der Waals surface area contributed by atoms with E-state index in [0.717, 1.165) is 17.7 Å². The van der Waals surface area contributed by atoms with Gasteiger partial charge in [0, 0.05) is 11.8 Å². The molecule has 3 N–H and O–H groups in total. The van der Waals surface area contributed by atoms with E-state index in [2.05, 4.69) is 0 Å². The van der Waals surface area contributed by atoms with Gasteiger partial charge in [-0.1, -0.05) is 6.07 Å². The molecule has 0 amide bonds. The molecule has 0 bridgehead atoms. The first-order valence-corrected chi connectivity index (χ1v) is 8.15. The second-order valence-corrected chi connectivity index (χ2v) is 6.22. The molecule has 1 heterocycles. The number of thioether (sulfide) groups is 1. The third-order valence-electron chi connectivity index (χ3n) is 3.42. The van der Waals surface area contributed by atoms with Gasteiger partial charge in [0.2, 0.25) is 0 Å². The second kappa shape index (κ2) is 7.56. The van der Waals surface area contributed by atoms with Crippen molar-refractivity contribution >= 4 is 17.7 Å². The van der Waals surface area contributed by atoms with Crippen molar-refractivity contribution in [2.75, 3.05) is 18.6 Å². The Morgan fingerprint density at radius 3 is 2.95 bits per heavy atom. The summed E-state index contributed by atoms with van der Waals surface area (Å²) in [6.45, 7) is 0. The second-order valence-electron chi connectivity index (χ2n) is 5.07. The monoisotopic (exact) mass is 311 g/mol.